The molecule has 6 nitrogen and oxygen atoms in total. The highest BCUT2D eigenvalue weighted by molar-refractivity contribution is 7.89. The third kappa shape index (κ3) is 3.56. The number of rotatable bonds is 5. The first-order chi connectivity index (χ1) is 11.8. The number of fused-ring (bicyclic) bond motifs is 1. The minimum atomic E-state index is -3.80. The number of hydrogen-bond donors (Lipinski definition) is 1. The van der Waals surface area contributed by atoms with Crippen molar-refractivity contribution in [2.75, 3.05) is 13.1 Å². The molecule has 1 aromatic heterocycles. The molecule has 9 heteroatoms. The number of carbonyl (C=O) groups is 1. The van der Waals surface area contributed by atoms with Crippen LogP contribution in [0.15, 0.2) is 35.4 Å². The van der Waals surface area contributed by atoms with Crippen molar-refractivity contribution >= 4 is 27.5 Å². The van der Waals surface area contributed by atoms with Crippen LogP contribution in [0, 0.1) is 5.82 Å². The fourth-order valence-corrected chi connectivity index (χ4v) is 3.96. The lowest BCUT2D eigenvalue weighted by molar-refractivity contribution is 0.0715. The molecule has 1 aliphatic heterocycles. The molecule has 0 atom stereocenters. The number of sulfonamides is 1. The van der Waals surface area contributed by atoms with Gasteiger partial charge in [0.1, 0.15) is 16.4 Å². The number of nitrogens with one attached hydrogen (secondary N) is 1. The lowest BCUT2D eigenvalue weighted by Crippen LogP contribution is -2.39. The first kappa shape index (κ1) is 17.9. The van der Waals surface area contributed by atoms with Gasteiger partial charge in [0.2, 0.25) is 10.0 Å². The number of aromatic nitrogens is 1. The molecule has 0 bridgehead atoms. The Bertz CT molecular complexity index is 927. The summed E-state index contributed by atoms with van der Waals surface area (Å²) in [5, 5.41) is -0.0683. The third-order valence-corrected chi connectivity index (χ3v) is 5.79. The summed E-state index contributed by atoms with van der Waals surface area (Å²) >= 11 is 5.70. The monoisotopic (exact) mass is 385 g/mol. The van der Waals surface area contributed by atoms with Gasteiger partial charge in [0.05, 0.1) is 5.02 Å². The molecule has 25 heavy (non-hydrogen) atoms. The minimum Gasteiger partial charge on any atom is -0.340 e. The molecular formula is C16H17ClFN3O3S. The van der Waals surface area contributed by atoms with E-state index in [0.29, 0.717) is 30.9 Å². The van der Waals surface area contributed by atoms with Crippen LogP contribution in [-0.2, 0) is 23.1 Å². The molecule has 0 unspecified atom stereocenters. The second-order valence-electron chi connectivity index (χ2n) is 5.71. The molecule has 2 aromatic rings. The van der Waals surface area contributed by atoms with E-state index in [4.69, 9.17) is 11.6 Å². The second-order valence-corrected chi connectivity index (χ2v) is 7.89. The quantitative estimate of drug-likeness (QED) is 0.858. The molecule has 0 radical (unpaired) electrons. The molecular weight excluding hydrogens is 369 g/mol. The topological polar surface area (TPSA) is 71.4 Å². The average Bonchev–Trinajstić information content (AvgIpc) is 3.02. The van der Waals surface area contributed by atoms with Gasteiger partial charge in [-0.25, -0.2) is 17.5 Å². The van der Waals surface area contributed by atoms with Crippen molar-refractivity contribution in [1.29, 1.82) is 0 Å². The van der Waals surface area contributed by atoms with E-state index in [9.17, 15) is 17.6 Å². The second kappa shape index (κ2) is 6.78. The van der Waals surface area contributed by atoms with Crippen LogP contribution in [0.1, 0.15) is 23.0 Å². The molecule has 3 rings (SSSR count). The van der Waals surface area contributed by atoms with Crippen LogP contribution in [0.5, 0.6) is 0 Å². The van der Waals surface area contributed by atoms with E-state index >= 15 is 0 Å². The number of likely N-dealkylation sites (N-methyl/N-ethyl adjacent to an activating group) is 1. The van der Waals surface area contributed by atoms with Gasteiger partial charge in [0, 0.05) is 32.4 Å². The van der Waals surface area contributed by atoms with Crippen molar-refractivity contribution in [2.24, 2.45) is 0 Å². The number of benzene rings is 1. The van der Waals surface area contributed by atoms with Crippen molar-refractivity contribution < 1.29 is 17.6 Å². The molecule has 0 spiro atoms. The maximum absolute atomic E-state index is 13.2. The fourth-order valence-electron chi connectivity index (χ4n) is 2.70. The van der Waals surface area contributed by atoms with Crippen molar-refractivity contribution in [2.45, 2.75) is 24.9 Å². The maximum atomic E-state index is 13.2. The first-order valence-electron chi connectivity index (χ1n) is 7.75. The highest BCUT2D eigenvalue weighted by Crippen LogP contribution is 2.21. The van der Waals surface area contributed by atoms with E-state index in [2.05, 4.69) is 4.72 Å². The number of amides is 1. The van der Waals surface area contributed by atoms with Crippen LogP contribution in [-0.4, -0.2) is 36.9 Å². The summed E-state index contributed by atoms with van der Waals surface area (Å²) in [7, 11) is -3.80. The van der Waals surface area contributed by atoms with Gasteiger partial charge in [-0.2, -0.15) is 0 Å². The van der Waals surface area contributed by atoms with Gasteiger partial charge < -0.3 is 9.47 Å². The van der Waals surface area contributed by atoms with Gasteiger partial charge in [0.15, 0.2) is 0 Å². The van der Waals surface area contributed by atoms with E-state index < -0.39 is 15.8 Å². The summed E-state index contributed by atoms with van der Waals surface area (Å²) in [6.45, 7) is 3.53. The van der Waals surface area contributed by atoms with E-state index in [-0.39, 0.29) is 22.4 Å². The molecule has 2 heterocycles. The van der Waals surface area contributed by atoms with E-state index in [1.54, 1.807) is 9.47 Å². The fraction of sp³-hybridized carbons (Fsp3) is 0.312. The molecule has 1 N–H and O–H groups in total. The molecule has 0 aliphatic carbocycles. The Balaban J connectivity index is 1.79. The zero-order chi connectivity index (χ0) is 18.2. The summed E-state index contributed by atoms with van der Waals surface area (Å²) in [6, 6.07) is 5.38. The minimum absolute atomic E-state index is 0.0296. The largest absolute Gasteiger partial charge is 0.340 e. The van der Waals surface area contributed by atoms with E-state index in [0.717, 1.165) is 0 Å². The van der Waals surface area contributed by atoms with Crippen LogP contribution >= 0.6 is 11.6 Å². The van der Waals surface area contributed by atoms with Gasteiger partial charge in [-0.3, -0.25) is 4.79 Å². The predicted molar refractivity (Wildman–Crippen MR) is 91.4 cm³/mol. The van der Waals surface area contributed by atoms with Crippen LogP contribution in [0.2, 0.25) is 5.02 Å². The van der Waals surface area contributed by atoms with Crippen LogP contribution in [0.25, 0.3) is 0 Å². The number of halogens is 2. The highest BCUT2D eigenvalue weighted by Gasteiger charge is 2.27. The summed E-state index contributed by atoms with van der Waals surface area (Å²) < 4.78 is 42.2. The molecule has 0 saturated carbocycles. The molecule has 0 saturated heterocycles. The third-order valence-electron chi connectivity index (χ3n) is 4.13. The van der Waals surface area contributed by atoms with Crippen LogP contribution in [0.3, 0.4) is 0 Å². The van der Waals surface area contributed by atoms with Crippen molar-refractivity contribution in [3.05, 3.63) is 52.6 Å². The van der Waals surface area contributed by atoms with Gasteiger partial charge in [-0.1, -0.05) is 17.7 Å². The van der Waals surface area contributed by atoms with Crippen molar-refractivity contribution in [3.8, 4) is 0 Å². The summed E-state index contributed by atoms with van der Waals surface area (Å²) in [5.41, 5.74) is 0.894. The van der Waals surface area contributed by atoms with E-state index in [1.807, 2.05) is 6.92 Å². The molecule has 1 amide bonds. The van der Waals surface area contributed by atoms with Gasteiger partial charge in [0.25, 0.3) is 5.91 Å². The molecule has 1 aromatic carbocycles. The van der Waals surface area contributed by atoms with Crippen molar-refractivity contribution in [1.82, 2.24) is 14.2 Å². The summed E-state index contributed by atoms with van der Waals surface area (Å²) in [5.74, 6) is -0.743. The molecule has 0 fully saturated rings. The summed E-state index contributed by atoms with van der Waals surface area (Å²) in [6.07, 6.45) is 1.46. The average molecular weight is 386 g/mol. The summed E-state index contributed by atoms with van der Waals surface area (Å²) in [4.78, 5) is 14.0. The standard InChI is InChI=1S/C16H17ClFN3O3S/c1-2-20-5-6-21-10-12(8-15(21)16(20)22)25(23,24)19-9-11-3-4-14(18)13(17)7-11/h3-4,7-8,10,19H,2,5-6,9H2,1H3. The number of hydrogen-bond acceptors (Lipinski definition) is 3. The smallest absolute Gasteiger partial charge is 0.270 e. The SMILES string of the molecule is CCN1CCn2cc(S(=O)(=O)NCc3ccc(F)c(Cl)c3)cc2C1=O. The zero-order valence-electron chi connectivity index (χ0n) is 13.5. The Kier molecular flexibility index (Phi) is 4.86. The van der Waals surface area contributed by atoms with Crippen LogP contribution in [0.4, 0.5) is 4.39 Å². The number of carbonyl (C=O) groups excluding carboxylic acids is 1. The lowest BCUT2D eigenvalue weighted by Gasteiger charge is -2.26. The normalized spacial score (nSPS) is 14.7. The van der Waals surface area contributed by atoms with Crippen LogP contribution < -0.4 is 4.72 Å². The van der Waals surface area contributed by atoms with Crippen molar-refractivity contribution in [3.63, 3.8) is 0 Å². The lowest BCUT2D eigenvalue weighted by atomic mass is 10.2. The number of nitrogens with zero attached hydrogens (tertiary/aromatic N) is 2. The predicted octanol–water partition coefficient (Wildman–Crippen LogP) is 2.23. The first-order valence-corrected chi connectivity index (χ1v) is 9.61. The molecule has 134 valence electrons. The maximum Gasteiger partial charge on any atom is 0.270 e. The Hall–Kier alpha value is -1.90. The zero-order valence-corrected chi connectivity index (χ0v) is 15.1. The van der Waals surface area contributed by atoms with Gasteiger partial charge in [-0.15, -0.1) is 0 Å². The Morgan fingerprint density at radius 3 is 2.72 bits per heavy atom. The molecule has 1 aliphatic rings. The highest BCUT2D eigenvalue weighted by atomic mass is 35.5. The Labute approximate surface area is 150 Å². The van der Waals surface area contributed by atoms with Gasteiger partial charge >= 0.3 is 0 Å². The van der Waals surface area contributed by atoms with Gasteiger partial charge in [-0.05, 0) is 30.7 Å². The Morgan fingerprint density at radius 2 is 2.04 bits per heavy atom. The Morgan fingerprint density at radius 1 is 1.28 bits per heavy atom. The van der Waals surface area contributed by atoms with E-state index in [1.165, 1.54) is 30.5 Å².